The average Bonchev–Trinajstić information content (AvgIpc) is 2.95. The van der Waals surface area contributed by atoms with E-state index >= 15 is 0 Å². The first kappa shape index (κ1) is 16.3. The topological polar surface area (TPSA) is 90.8 Å². The molecule has 0 aliphatic carbocycles. The molecule has 0 unspecified atom stereocenters. The van der Waals surface area contributed by atoms with Crippen LogP contribution in [0.5, 0.6) is 0 Å². The summed E-state index contributed by atoms with van der Waals surface area (Å²) in [7, 11) is -0.490. The molecular formula is C12H19N3O4S2. The highest BCUT2D eigenvalue weighted by Gasteiger charge is 2.38. The molecule has 1 aliphatic rings. The third-order valence-corrected chi connectivity index (χ3v) is 6.25. The predicted octanol–water partition coefficient (Wildman–Crippen LogP) is -0.224. The van der Waals surface area contributed by atoms with Crippen LogP contribution < -0.4 is 0 Å². The minimum absolute atomic E-state index is 0.142. The number of thiazole rings is 1. The van der Waals surface area contributed by atoms with Gasteiger partial charge >= 0.3 is 0 Å². The molecule has 2 heterocycles. The average molecular weight is 333 g/mol. The lowest BCUT2D eigenvalue weighted by Crippen LogP contribution is -2.33. The molecular weight excluding hydrogens is 314 g/mol. The molecule has 1 saturated heterocycles. The molecule has 21 heavy (non-hydrogen) atoms. The molecule has 1 aliphatic heterocycles. The normalized spacial score (nSPS) is 23.0. The summed E-state index contributed by atoms with van der Waals surface area (Å²) in [4.78, 5) is 17.8. The maximum Gasteiger partial charge on any atom is 0.273 e. The Morgan fingerprint density at radius 3 is 2.71 bits per heavy atom. The van der Waals surface area contributed by atoms with E-state index in [1.54, 1.807) is 5.38 Å². The van der Waals surface area contributed by atoms with E-state index in [-0.39, 0.29) is 24.7 Å². The fourth-order valence-corrected chi connectivity index (χ4v) is 3.98. The lowest BCUT2D eigenvalue weighted by atomic mass is 10.1. The van der Waals surface area contributed by atoms with Crippen LogP contribution in [-0.2, 0) is 10.0 Å². The van der Waals surface area contributed by atoms with Crippen LogP contribution in [-0.4, -0.2) is 72.7 Å². The highest BCUT2D eigenvalue weighted by atomic mass is 32.2. The van der Waals surface area contributed by atoms with Crippen LogP contribution >= 0.6 is 11.3 Å². The highest BCUT2D eigenvalue weighted by molar-refractivity contribution is 7.89. The molecule has 118 valence electrons. The van der Waals surface area contributed by atoms with E-state index in [0.717, 1.165) is 9.31 Å². The molecule has 0 aromatic carbocycles. The molecule has 1 aromatic rings. The number of aryl methyl sites for hydroxylation is 1. The summed E-state index contributed by atoms with van der Waals surface area (Å²) >= 11 is 1.38. The zero-order chi connectivity index (χ0) is 15.8. The standard InChI is InChI=1S/C12H19N3O4S2/c1-8-13-10(6-20-8)12(17)15-4-9(11(16)5-15)7-21(18,19)14(2)3/h6,9,11,16H,4-5,7H2,1-3H3/t9-,11-/m0/s1. The smallest absolute Gasteiger partial charge is 0.273 e. The first-order valence-corrected chi connectivity index (χ1v) is 8.99. The Hall–Kier alpha value is -1.03. The number of carbonyl (C=O) groups excluding carboxylic acids is 1. The maximum atomic E-state index is 12.2. The Kier molecular flexibility index (Phi) is 4.66. The number of amides is 1. The molecule has 0 bridgehead atoms. The van der Waals surface area contributed by atoms with E-state index in [4.69, 9.17) is 0 Å². The van der Waals surface area contributed by atoms with E-state index < -0.39 is 22.0 Å². The number of aromatic nitrogens is 1. The Labute approximate surface area is 128 Å². The van der Waals surface area contributed by atoms with Crippen molar-refractivity contribution in [3.63, 3.8) is 0 Å². The minimum Gasteiger partial charge on any atom is -0.391 e. The van der Waals surface area contributed by atoms with Crippen molar-refractivity contribution in [3.8, 4) is 0 Å². The number of likely N-dealkylation sites (tertiary alicyclic amines) is 1. The number of aliphatic hydroxyl groups is 1. The van der Waals surface area contributed by atoms with Gasteiger partial charge in [0, 0.05) is 38.5 Å². The summed E-state index contributed by atoms with van der Waals surface area (Å²) in [6.45, 7) is 2.18. The third-order valence-electron chi connectivity index (χ3n) is 3.51. The van der Waals surface area contributed by atoms with E-state index in [2.05, 4.69) is 4.98 Å². The zero-order valence-electron chi connectivity index (χ0n) is 12.2. The fourth-order valence-electron chi connectivity index (χ4n) is 2.23. The third kappa shape index (κ3) is 3.60. The molecule has 0 saturated carbocycles. The number of hydrogen-bond acceptors (Lipinski definition) is 6. The van der Waals surface area contributed by atoms with Crippen LogP contribution in [0.3, 0.4) is 0 Å². The highest BCUT2D eigenvalue weighted by Crippen LogP contribution is 2.22. The zero-order valence-corrected chi connectivity index (χ0v) is 13.8. The summed E-state index contributed by atoms with van der Waals surface area (Å²) in [5, 5.41) is 12.5. The van der Waals surface area contributed by atoms with E-state index in [1.165, 1.54) is 30.3 Å². The van der Waals surface area contributed by atoms with Crippen molar-refractivity contribution in [2.24, 2.45) is 5.92 Å². The van der Waals surface area contributed by atoms with Gasteiger partial charge in [-0.1, -0.05) is 0 Å². The summed E-state index contributed by atoms with van der Waals surface area (Å²) in [6, 6.07) is 0. The van der Waals surface area contributed by atoms with Crippen LogP contribution in [0.2, 0.25) is 0 Å². The second kappa shape index (κ2) is 5.99. The van der Waals surface area contributed by atoms with Gasteiger partial charge < -0.3 is 10.0 Å². The predicted molar refractivity (Wildman–Crippen MR) is 79.7 cm³/mol. The number of hydrogen-bond donors (Lipinski definition) is 1. The molecule has 0 spiro atoms. The lowest BCUT2D eigenvalue weighted by molar-refractivity contribution is 0.0759. The van der Waals surface area contributed by atoms with Crippen LogP contribution in [0.1, 0.15) is 15.5 Å². The van der Waals surface area contributed by atoms with Crippen LogP contribution in [0.25, 0.3) is 0 Å². The van der Waals surface area contributed by atoms with Crippen molar-refractivity contribution >= 4 is 27.3 Å². The first-order chi connectivity index (χ1) is 9.70. The van der Waals surface area contributed by atoms with Gasteiger partial charge in [0.05, 0.1) is 16.9 Å². The Morgan fingerprint density at radius 1 is 1.52 bits per heavy atom. The van der Waals surface area contributed by atoms with Gasteiger partial charge in [-0.25, -0.2) is 17.7 Å². The summed E-state index contributed by atoms with van der Waals surface area (Å²) in [6.07, 6.45) is -0.830. The van der Waals surface area contributed by atoms with Crippen molar-refractivity contribution in [1.82, 2.24) is 14.2 Å². The molecule has 0 radical (unpaired) electrons. The SMILES string of the molecule is Cc1nc(C(=O)N2C[C@@H](CS(=O)(=O)N(C)C)[C@@H](O)C2)cs1. The van der Waals surface area contributed by atoms with Crippen LogP contribution in [0, 0.1) is 12.8 Å². The number of β-amino-alcohol motifs (C(OH)–C–C–N with tert-alkyl or cyclic N) is 1. The Morgan fingerprint density at radius 2 is 2.19 bits per heavy atom. The van der Waals surface area contributed by atoms with Gasteiger partial charge in [0.15, 0.2) is 0 Å². The molecule has 1 aromatic heterocycles. The quantitative estimate of drug-likeness (QED) is 0.822. The van der Waals surface area contributed by atoms with Gasteiger partial charge in [-0.2, -0.15) is 0 Å². The molecule has 2 atom stereocenters. The fraction of sp³-hybridized carbons (Fsp3) is 0.667. The monoisotopic (exact) mass is 333 g/mol. The van der Waals surface area contributed by atoms with E-state index in [9.17, 15) is 18.3 Å². The van der Waals surface area contributed by atoms with Gasteiger partial charge in [-0.05, 0) is 6.92 Å². The first-order valence-electron chi connectivity index (χ1n) is 6.50. The number of nitrogens with zero attached hydrogens (tertiary/aromatic N) is 3. The van der Waals surface area contributed by atoms with E-state index in [1.807, 2.05) is 6.92 Å². The molecule has 1 N–H and O–H groups in total. The minimum atomic E-state index is -3.40. The second-order valence-electron chi connectivity index (χ2n) is 5.35. The number of sulfonamides is 1. The van der Waals surface area contributed by atoms with Gasteiger partial charge in [0.2, 0.25) is 10.0 Å². The van der Waals surface area contributed by atoms with Gasteiger partial charge in [-0.15, -0.1) is 11.3 Å². The number of rotatable bonds is 4. The van der Waals surface area contributed by atoms with Gasteiger partial charge in [0.25, 0.3) is 5.91 Å². The van der Waals surface area contributed by atoms with Crippen molar-refractivity contribution < 1.29 is 18.3 Å². The van der Waals surface area contributed by atoms with E-state index in [0.29, 0.717) is 5.69 Å². The Balaban J connectivity index is 2.06. The second-order valence-corrected chi connectivity index (χ2v) is 8.64. The van der Waals surface area contributed by atoms with Crippen LogP contribution in [0.4, 0.5) is 0 Å². The summed E-state index contributed by atoms with van der Waals surface area (Å²) in [5.41, 5.74) is 0.348. The number of aliphatic hydroxyl groups excluding tert-OH is 1. The van der Waals surface area contributed by atoms with Crippen molar-refractivity contribution in [3.05, 3.63) is 16.1 Å². The van der Waals surface area contributed by atoms with Gasteiger partial charge in [-0.3, -0.25) is 4.79 Å². The van der Waals surface area contributed by atoms with Crippen molar-refractivity contribution in [2.45, 2.75) is 13.0 Å². The molecule has 1 fully saturated rings. The number of carbonyl (C=O) groups is 1. The summed E-state index contributed by atoms with van der Waals surface area (Å²) in [5.74, 6) is -0.898. The molecule has 9 heteroatoms. The van der Waals surface area contributed by atoms with Crippen molar-refractivity contribution in [1.29, 1.82) is 0 Å². The largest absolute Gasteiger partial charge is 0.391 e. The molecule has 1 amide bonds. The molecule has 7 nitrogen and oxygen atoms in total. The van der Waals surface area contributed by atoms with Gasteiger partial charge in [0.1, 0.15) is 5.69 Å². The Bertz CT molecular complexity index is 626. The van der Waals surface area contributed by atoms with Crippen LogP contribution in [0.15, 0.2) is 5.38 Å². The summed E-state index contributed by atoms with van der Waals surface area (Å²) < 4.78 is 24.9. The molecule has 2 rings (SSSR count). The lowest BCUT2D eigenvalue weighted by Gasteiger charge is -2.17. The van der Waals surface area contributed by atoms with Crippen molar-refractivity contribution in [2.75, 3.05) is 32.9 Å². The maximum absolute atomic E-state index is 12.2.